The fourth-order valence-corrected chi connectivity index (χ4v) is 3.32. The summed E-state index contributed by atoms with van der Waals surface area (Å²) >= 11 is 0. The van der Waals surface area contributed by atoms with Gasteiger partial charge in [0.2, 0.25) is 4.93 Å². The topological polar surface area (TPSA) is 104 Å². The summed E-state index contributed by atoms with van der Waals surface area (Å²) in [6, 6.07) is 0. The van der Waals surface area contributed by atoms with Crippen LogP contribution in [-0.4, -0.2) is 67.6 Å². The van der Waals surface area contributed by atoms with Gasteiger partial charge in [-0.3, -0.25) is 4.55 Å². The highest BCUT2D eigenvalue weighted by molar-refractivity contribution is 7.90. The molecule has 2 N–H and O–H groups in total. The van der Waals surface area contributed by atoms with Crippen LogP contribution in [0.4, 0.5) is 26.5 Å². The van der Waals surface area contributed by atoms with Crippen molar-refractivity contribution in [2.45, 2.75) is 10.8 Å². The number of piperazine rings is 1. The fourth-order valence-electron chi connectivity index (χ4n) is 1.48. The van der Waals surface area contributed by atoms with E-state index in [-0.39, 0.29) is 17.4 Å². The van der Waals surface area contributed by atoms with Crippen molar-refractivity contribution >= 4 is 20.1 Å². The standard InChI is InChI=1S/C6H9F6N3O5S2/c7-5(8,15(11,12)6(9,10)22(18,19)20)21(16,17)14-3-1-13-2-4-14/h13H,1-4H2/p+1. The van der Waals surface area contributed by atoms with E-state index in [9.17, 15) is 43.4 Å². The second-order valence-corrected chi connectivity index (χ2v) is 7.51. The number of quaternary nitrogens is 1. The predicted octanol–water partition coefficient (Wildman–Crippen LogP) is -0.204. The smallest absolute Gasteiger partial charge is 0.314 e. The molecule has 0 aromatic rings. The van der Waals surface area contributed by atoms with Crippen molar-refractivity contribution in [1.29, 1.82) is 0 Å². The lowest BCUT2D eigenvalue weighted by Gasteiger charge is -2.31. The second-order valence-electron chi connectivity index (χ2n) is 4.12. The van der Waals surface area contributed by atoms with Crippen molar-refractivity contribution in [2.75, 3.05) is 26.2 Å². The molecule has 8 nitrogen and oxygen atoms in total. The zero-order valence-electron chi connectivity index (χ0n) is 10.4. The molecule has 0 bridgehead atoms. The van der Waals surface area contributed by atoms with Gasteiger partial charge < -0.3 is 5.32 Å². The normalized spacial score (nSPS) is 20.1. The monoisotopic (exact) mass is 382 g/mol. The first-order valence-corrected chi connectivity index (χ1v) is 8.20. The lowest BCUT2D eigenvalue weighted by atomic mass is 10.4. The Hall–Kier alpha value is -0.680. The van der Waals surface area contributed by atoms with E-state index in [1.54, 1.807) is 0 Å². The Morgan fingerprint density at radius 2 is 1.36 bits per heavy atom. The number of hydrogen-bond acceptors (Lipinski definition) is 5. The fraction of sp³-hybridized carbons (Fsp3) is 1.00. The molecule has 22 heavy (non-hydrogen) atoms. The number of alkyl halides is 4. The first-order chi connectivity index (χ1) is 9.61. The number of hydrogen-bond donors (Lipinski definition) is 2. The highest BCUT2D eigenvalue weighted by atomic mass is 32.2. The van der Waals surface area contributed by atoms with Crippen molar-refractivity contribution < 1.29 is 52.8 Å². The Bertz CT molecular complexity index is 629. The van der Waals surface area contributed by atoms with E-state index in [1.807, 2.05) is 0 Å². The van der Waals surface area contributed by atoms with Crippen LogP contribution in [0.25, 0.3) is 0 Å². The molecule has 1 heterocycles. The molecule has 0 radical (unpaired) electrons. The van der Waals surface area contributed by atoms with E-state index in [1.165, 1.54) is 0 Å². The molecule has 16 heteroatoms. The van der Waals surface area contributed by atoms with Crippen LogP contribution >= 0.6 is 0 Å². The molecule has 1 fully saturated rings. The van der Waals surface area contributed by atoms with Crippen LogP contribution in [0.15, 0.2) is 0 Å². The van der Waals surface area contributed by atoms with E-state index in [2.05, 4.69) is 5.32 Å². The maximum atomic E-state index is 13.5. The summed E-state index contributed by atoms with van der Waals surface area (Å²) in [6.07, 6.45) is 0. The minimum absolute atomic E-state index is 0.185. The summed E-state index contributed by atoms with van der Waals surface area (Å²) < 4.78 is 130. The molecule has 0 aliphatic carbocycles. The summed E-state index contributed by atoms with van der Waals surface area (Å²) in [4.78, 5) is -6.09. The van der Waals surface area contributed by atoms with Gasteiger partial charge in [-0.05, 0) is 0 Å². The first-order valence-electron chi connectivity index (χ1n) is 5.32. The van der Waals surface area contributed by atoms with Crippen LogP contribution < -0.4 is 5.32 Å². The molecule has 1 aliphatic heterocycles. The highest BCUT2D eigenvalue weighted by Crippen LogP contribution is 2.48. The maximum Gasteiger partial charge on any atom is 0.602 e. The van der Waals surface area contributed by atoms with E-state index < -0.39 is 48.9 Å². The Morgan fingerprint density at radius 3 is 1.73 bits per heavy atom. The molecule has 1 rings (SSSR count). The zero-order valence-corrected chi connectivity index (χ0v) is 12.0. The molecule has 0 unspecified atom stereocenters. The molecule has 0 aromatic heterocycles. The van der Waals surface area contributed by atoms with E-state index in [4.69, 9.17) is 4.55 Å². The Morgan fingerprint density at radius 1 is 0.955 bits per heavy atom. The summed E-state index contributed by atoms with van der Waals surface area (Å²) in [5, 5.41) is -10.8. The van der Waals surface area contributed by atoms with Gasteiger partial charge in [-0.1, -0.05) is 0 Å². The quantitative estimate of drug-likeness (QED) is 0.295. The summed E-state index contributed by atoms with van der Waals surface area (Å²) in [6.45, 7) is -1.84. The van der Waals surface area contributed by atoms with Gasteiger partial charge in [-0.15, -0.1) is 17.6 Å². The number of rotatable bonds is 5. The molecule has 132 valence electrons. The third kappa shape index (κ3) is 2.67. The van der Waals surface area contributed by atoms with Crippen molar-refractivity contribution in [2.24, 2.45) is 0 Å². The first kappa shape index (κ1) is 19.4. The molecule has 1 aliphatic rings. The van der Waals surface area contributed by atoms with E-state index in [0.717, 1.165) is 0 Å². The predicted molar refractivity (Wildman–Crippen MR) is 57.3 cm³/mol. The van der Waals surface area contributed by atoms with Crippen molar-refractivity contribution in [3.05, 3.63) is 0 Å². The highest BCUT2D eigenvalue weighted by Gasteiger charge is 2.87. The van der Waals surface area contributed by atoms with Crippen molar-refractivity contribution in [3.63, 3.8) is 0 Å². The molecular formula is C6H10F6N3O5S2+. The average molecular weight is 382 g/mol. The molecule has 1 saturated heterocycles. The molecule has 0 amide bonds. The van der Waals surface area contributed by atoms with Gasteiger partial charge in [0.05, 0.1) is 8.96 Å². The van der Waals surface area contributed by atoms with Gasteiger partial charge in [-0.25, -0.2) is 0 Å². The van der Waals surface area contributed by atoms with Crippen LogP contribution in [0.5, 0.6) is 0 Å². The summed E-state index contributed by atoms with van der Waals surface area (Å²) in [5.74, 6) is 0. The number of nitrogens with one attached hydrogen (secondary N) is 1. The molecule has 0 atom stereocenters. The van der Waals surface area contributed by atoms with Crippen molar-refractivity contribution in [1.82, 2.24) is 9.62 Å². The number of sulfonamides is 1. The zero-order chi connectivity index (χ0) is 17.6. The van der Waals surface area contributed by atoms with Gasteiger partial charge in [0, 0.05) is 26.2 Å². The lowest BCUT2D eigenvalue weighted by Crippen LogP contribution is -2.67. The molecular weight excluding hydrogens is 372 g/mol. The summed E-state index contributed by atoms with van der Waals surface area (Å²) in [7, 11) is -13.4. The minimum Gasteiger partial charge on any atom is -0.314 e. The van der Waals surface area contributed by atoms with Crippen LogP contribution in [0.1, 0.15) is 0 Å². The number of halogens is 6. The Kier molecular flexibility index (Phi) is 4.79. The van der Waals surface area contributed by atoms with Gasteiger partial charge in [0.15, 0.2) is 0 Å². The lowest BCUT2D eigenvalue weighted by molar-refractivity contribution is -1.25. The Balaban J connectivity index is 3.37. The van der Waals surface area contributed by atoms with Crippen molar-refractivity contribution in [3.8, 4) is 0 Å². The Labute approximate surface area is 120 Å². The third-order valence-electron chi connectivity index (χ3n) is 2.69. The van der Waals surface area contributed by atoms with E-state index >= 15 is 0 Å². The molecule has 0 spiro atoms. The van der Waals surface area contributed by atoms with Gasteiger partial charge in [-0.2, -0.15) is 21.1 Å². The molecule has 0 aromatic carbocycles. The average Bonchev–Trinajstić information content (AvgIpc) is 2.37. The molecule has 0 saturated carbocycles. The van der Waals surface area contributed by atoms with Crippen LogP contribution in [0.3, 0.4) is 0 Å². The third-order valence-corrected chi connectivity index (χ3v) is 5.44. The van der Waals surface area contributed by atoms with Gasteiger partial charge >= 0.3 is 30.9 Å². The second kappa shape index (κ2) is 5.45. The van der Waals surface area contributed by atoms with E-state index in [0.29, 0.717) is 0 Å². The van der Waals surface area contributed by atoms with Gasteiger partial charge in [0.25, 0.3) is 0 Å². The largest absolute Gasteiger partial charge is 0.602 e. The van der Waals surface area contributed by atoms with Crippen LogP contribution in [-0.2, 0) is 20.1 Å². The van der Waals surface area contributed by atoms with Gasteiger partial charge in [0.1, 0.15) is 0 Å². The summed E-state index contributed by atoms with van der Waals surface area (Å²) in [5.41, 5.74) is 0. The number of nitrogens with zero attached hydrogens (tertiary/aromatic N) is 2. The SMILES string of the molecule is O=S(=O)(O)C(F)(F)[N+](F)(F)C(F)(F)S(=O)(=O)N1CCNCC1. The maximum absolute atomic E-state index is 13.5. The van der Waals surface area contributed by atoms with Crippen LogP contribution in [0.2, 0.25) is 0 Å². The minimum atomic E-state index is -7.02. The van der Waals surface area contributed by atoms with Crippen LogP contribution in [0, 0.1) is 0 Å².